The summed E-state index contributed by atoms with van der Waals surface area (Å²) in [6.45, 7) is 0.944. The molecule has 5 heteroatoms. The van der Waals surface area contributed by atoms with E-state index < -0.39 is 0 Å². The van der Waals surface area contributed by atoms with Crippen LogP contribution in [0.4, 0.5) is 5.69 Å². The van der Waals surface area contributed by atoms with E-state index in [1.54, 1.807) is 13.2 Å². The molecule has 0 radical (unpaired) electrons. The molecule has 0 saturated heterocycles. The maximum atomic E-state index is 11.4. The van der Waals surface area contributed by atoms with Gasteiger partial charge >= 0.3 is 0 Å². The van der Waals surface area contributed by atoms with Crippen molar-refractivity contribution in [3.05, 3.63) is 24.0 Å². The number of aromatic nitrogens is 1. The van der Waals surface area contributed by atoms with Crippen LogP contribution in [0, 0.1) is 0 Å². The van der Waals surface area contributed by atoms with E-state index in [-0.39, 0.29) is 5.91 Å². The number of amides is 1. The fourth-order valence-electron chi connectivity index (χ4n) is 0.928. The number of anilines is 1. The lowest BCUT2D eigenvalue weighted by Crippen LogP contribution is -2.27. The van der Waals surface area contributed by atoms with Gasteiger partial charge in [-0.3, -0.25) is 9.78 Å². The lowest BCUT2D eigenvalue weighted by molar-refractivity contribution is 0.0932. The first kappa shape index (κ1) is 10.5. The molecule has 1 aromatic heterocycles. The monoisotopic (exact) mass is 195 g/mol. The topological polar surface area (TPSA) is 77.2 Å². The van der Waals surface area contributed by atoms with Crippen LogP contribution in [0.25, 0.3) is 0 Å². The van der Waals surface area contributed by atoms with Crippen LogP contribution in [0.15, 0.2) is 18.3 Å². The van der Waals surface area contributed by atoms with Crippen LogP contribution in [0.1, 0.15) is 10.5 Å². The van der Waals surface area contributed by atoms with Gasteiger partial charge in [0.2, 0.25) is 0 Å². The Kier molecular flexibility index (Phi) is 3.87. The van der Waals surface area contributed by atoms with Gasteiger partial charge in [0.25, 0.3) is 5.91 Å². The molecule has 1 heterocycles. The summed E-state index contributed by atoms with van der Waals surface area (Å²) in [5, 5.41) is 2.65. The van der Waals surface area contributed by atoms with Crippen LogP contribution in [-0.4, -0.2) is 31.2 Å². The zero-order valence-corrected chi connectivity index (χ0v) is 7.99. The minimum absolute atomic E-state index is 0.241. The standard InChI is InChI=1S/C9H13N3O2/c1-14-5-4-12-9(13)8-6-7(10)2-3-11-8/h2-3,6H,4-5H2,1H3,(H2,10,11)(H,12,13). The van der Waals surface area contributed by atoms with E-state index in [2.05, 4.69) is 10.3 Å². The molecule has 0 aromatic carbocycles. The van der Waals surface area contributed by atoms with Crippen LogP contribution in [0.2, 0.25) is 0 Å². The number of methoxy groups -OCH3 is 1. The van der Waals surface area contributed by atoms with E-state index in [1.165, 1.54) is 12.3 Å². The predicted molar refractivity (Wildman–Crippen MR) is 52.9 cm³/mol. The molecule has 0 atom stereocenters. The van der Waals surface area contributed by atoms with Gasteiger partial charge < -0.3 is 15.8 Å². The number of nitrogen functional groups attached to an aromatic ring is 1. The molecule has 0 aliphatic heterocycles. The summed E-state index contributed by atoms with van der Waals surface area (Å²) in [5.41, 5.74) is 6.35. The van der Waals surface area contributed by atoms with Crippen molar-refractivity contribution in [3.63, 3.8) is 0 Å². The molecule has 0 bridgehead atoms. The quantitative estimate of drug-likeness (QED) is 0.665. The van der Waals surface area contributed by atoms with Crippen molar-refractivity contribution >= 4 is 11.6 Å². The van der Waals surface area contributed by atoms with Crippen LogP contribution < -0.4 is 11.1 Å². The Morgan fingerprint density at radius 2 is 2.50 bits per heavy atom. The molecule has 3 N–H and O–H groups in total. The number of hydrogen-bond donors (Lipinski definition) is 2. The number of ether oxygens (including phenoxy) is 1. The van der Waals surface area contributed by atoms with Crippen molar-refractivity contribution in [3.8, 4) is 0 Å². The number of hydrogen-bond acceptors (Lipinski definition) is 4. The molecule has 1 rings (SSSR count). The molecule has 14 heavy (non-hydrogen) atoms. The SMILES string of the molecule is COCCNC(=O)c1cc(N)ccn1. The Bertz CT molecular complexity index is 315. The van der Waals surface area contributed by atoms with E-state index in [9.17, 15) is 4.79 Å². The molecule has 1 amide bonds. The average Bonchev–Trinajstić information content (AvgIpc) is 2.18. The molecule has 5 nitrogen and oxygen atoms in total. The van der Waals surface area contributed by atoms with E-state index >= 15 is 0 Å². The van der Waals surface area contributed by atoms with Crippen LogP contribution in [-0.2, 0) is 4.74 Å². The average molecular weight is 195 g/mol. The van der Waals surface area contributed by atoms with E-state index in [1.807, 2.05) is 0 Å². The number of carbonyl (C=O) groups excluding carboxylic acids is 1. The molecule has 0 unspecified atom stereocenters. The Balaban J connectivity index is 2.52. The molecule has 0 spiro atoms. The lowest BCUT2D eigenvalue weighted by atomic mass is 10.3. The normalized spacial score (nSPS) is 9.79. The van der Waals surface area contributed by atoms with Crippen molar-refractivity contribution in [2.75, 3.05) is 26.0 Å². The lowest BCUT2D eigenvalue weighted by Gasteiger charge is -2.03. The summed E-state index contributed by atoms with van der Waals surface area (Å²) in [7, 11) is 1.57. The minimum Gasteiger partial charge on any atom is -0.399 e. The summed E-state index contributed by atoms with van der Waals surface area (Å²) in [5.74, 6) is -0.241. The highest BCUT2D eigenvalue weighted by Gasteiger charge is 2.05. The summed E-state index contributed by atoms with van der Waals surface area (Å²) >= 11 is 0. The smallest absolute Gasteiger partial charge is 0.270 e. The van der Waals surface area contributed by atoms with Gasteiger partial charge in [-0.15, -0.1) is 0 Å². The largest absolute Gasteiger partial charge is 0.399 e. The molecule has 0 aliphatic rings. The van der Waals surface area contributed by atoms with Gasteiger partial charge in [0, 0.05) is 25.5 Å². The van der Waals surface area contributed by atoms with Crippen molar-refractivity contribution in [1.29, 1.82) is 0 Å². The highest BCUT2D eigenvalue weighted by molar-refractivity contribution is 5.92. The number of nitrogens with one attached hydrogen (secondary N) is 1. The highest BCUT2D eigenvalue weighted by Crippen LogP contribution is 2.01. The van der Waals surface area contributed by atoms with Gasteiger partial charge in [0.15, 0.2) is 0 Å². The number of nitrogens with zero attached hydrogens (tertiary/aromatic N) is 1. The maximum absolute atomic E-state index is 11.4. The second-order valence-corrected chi connectivity index (χ2v) is 2.72. The minimum atomic E-state index is -0.241. The van der Waals surface area contributed by atoms with Gasteiger partial charge in [-0.25, -0.2) is 0 Å². The predicted octanol–water partition coefficient (Wildman–Crippen LogP) is 0.0400. The number of pyridine rings is 1. The number of carbonyl (C=O) groups is 1. The summed E-state index contributed by atoms with van der Waals surface area (Å²) in [6.07, 6.45) is 1.50. The van der Waals surface area contributed by atoms with Gasteiger partial charge in [0.05, 0.1) is 6.61 Å². The molecule has 1 aromatic rings. The molecule has 0 aliphatic carbocycles. The Morgan fingerprint density at radius 1 is 1.71 bits per heavy atom. The van der Waals surface area contributed by atoms with E-state index in [4.69, 9.17) is 10.5 Å². The third-order valence-electron chi connectivity index (χ3n) is 1.61. The second kappa shape index (κ2) is 5.18. The second-order valence-electron chi connectivity index (χ2n) is 2.72. The van der Waals surface area contributed by atoms with Crippen molar-refractivity contribution in [2.45, 2.75) is 0 Å². The maximum Gasteiger partial charge on any atom is 0.270 e. The molecule has 0 fully saturated rings. The third kappa shape index (κ3) is 3.02. The van der Waals surface area contributed by atoms with Crippen molar-refractivity contribution in [1.82, 2.24) is 10.3 Å². The van der Waals surface area contributed by atoms with Gasteiger partial charge in [-0.05, 0) is 12.1 Å². The van der Waals surface area contributed by atoms with Crippen molar-refractivity contribution < 1.29 is 9.53 Å². The first-order valence-electron chi connectivity index (χ1n) is 4.22. The van der Waals surface area contributed by atoms with Gasteiger partial charge in [-0.1, -0.05) is 0 Å². The Hall–Kier alpha value is -1.62. The Labute approximate surface area is 82.3 Å². The summed E-state index contributed by atoms with van der Waals surface area (Å²) in [6, 6.07) is 3.16. The number of rotatable bonds is 4. The molecular formula is C9H13N3O2. The van der Waals surface area contributed by atoms with E-state index in [0.717, 1.165) is 0 Å². The van der Waals surface area contributed by atoms with Crippen LogP contribution >= 0.6 is 0 Å². The van der Waals surface area contributed by atoms with E-state index in [0.29, 0.717) is 24.5 Å². The molecule has 76 valence electrons. The summed E-state index contributed by atoms with van der Waals surface area (Å²) < 4.78 is 4.79. The Morgan fingerprint density at radius 3 is 3.14 bits per heavy atom. The first-order valence-corrected chi connectivity index (χ1v) is 4.22. The zero-order chi connectivity index (χ0) is 10.4. The fraction of sp³-hybridized carbons (Fsp3) is 0.333. The van der Waals surface area contributed by atoms with Crippen molar-refractivity contribution in [2.24, 2.45) is 0 Å². The number of nitrogens with two attached hydrogens (primary N) is 1. The first-order chi connectivity index (χ1) is 6.74. The van der Waals surface area contributed by atoms with Gasteiger partial charge in [-0.2, -0.15) is 0 Å². The molecular weight excluding hydrogens is 182 g/mol. The zero-order valence-electron chi connectivity index (χ0n) is 7.99. The third-order valence-corrected chi connectivity index (χ3v) is 1.61. The highest BCUT2D eigenvalue weighted by atomic mass is 16.5. The van der Waals surface area contributed by atoms with Gasteiger partial charge in [0.1, 0.15) is 5.69 Å². The fourth-order valence-corrected chi connectivity index (χ4v) is 0.928. The summed E-state index contributed by atoms with van der Waals surface area (Å²) in [4.78, 5) is 15.3. The van der Waals surface area contributed by atoms with Crippen LogP contribution in [0.5, 0.6) is 0 Å². The van der Waals surface area contributed by atoms with Crippen LogP contribution in [0.3, 0.4) is 0 Å². The molecule has 0 saturated carbocycles.